The molecule has 1 unspecified atom stereocenters. The summed E-state index contributed by atoms with van der Waals surface area (Å²) in [5.74, 6) is -0.243. The first-order valence-corrected chi connectivity index (χ1v) is 7.38. The van der Waals surface area contributed by atoms with Gasteiger partial charge in [0.25, 0.3) is 0 Å². The highest BCUT2D eigenvalue weighted by Crippen LogP contribution is 2.08. The predicted molar refractivity (Wildman–Crippen MR) is 79.6 cm³/mol. The quantitative estimate of drug-likeness (QED) is 0.694. The molecule has 1 rings (SSSR count). The number of hydrogen-bond acceptors (Lipinski definition) is 4. The predicted octanol–water partition coefficient (Wildman–Crippen LogP) is 0.685. The monoisotopic (exact) mass is 284 g/mol. The van der Waals surface area contributed by atoms with Crippen LogP contribution in [0.15, 0.2) is 0 Å². The molecule has 3 N–H and O–H groups in total. The molecule has 116 valence electrons. The van der Waals surface area contributed by atoms with Gasteiger partial charge in [0.15, 0.2) is 0 Å². The number of urea groups is 1. The third-order valence-electron chi connectivity index (χ3n) is 3.15. The minimum Gasteiger partial charge on any atom is -0.333 e. The minimum atomic E-state index is -0.427. The second kappa shape index (κ2) is 7.59. The van der Waals surface area contributed by atoms with Crippen molar-refractivity contribution in [3.8, 4) is 0 Å². The largest absolute Gasteiger partial charge is 0.333 e. The van der Waals surface area contributed by atoms with Crippen molar-refractivity contribution in [3.05, 3.63) is 0 Å². The first-order chi connectivity index (χ1) is 9.31. The molecule has 1 saturated heterocycles. The molecule has 1 aliphatic heterocycles. The molecule has 1 atom stereocenters. The highest BCUT2D eigenvalue weighted by atomic mass is 16.2. The van der Waals surface area contributed by atoms with Crippen LogP contribution in [-0.4, -0.2) is 54.6 Å². The molecule has 0 aromatic heterocycles. The van der Waals surface area contributed by atoms with Gasteiger partial charge in [0, 0.05) is 18.1 Å². The Balaban J connectivity index is 2.43. The number of nitrogens with zero attached hydrogens (tertiary/aromatic N) is 1. The van der Waals surface area contributed by atoms with Gasteiger partial charge in [-0.2, -0.15) is 0 Å². The molecule has 0 bridgehead atoms. The lowest BCUT2D eigenvalue weighted by molar-refractivity contribution is -0.121. The molecule has 1 heterocycles. The van der Waals surface area contributed by atoms with Crippen LogP contribution in [0.4, 0.5) is 4.79 Å². The van der Waals surface area contributed by atoms with Crippen LogP contribution in [0.1, 0.15) is 40.5 Å². The molecule has 0 radical (unpaired) electrons. The molecule has 0 aromatic rings. The lowest BCUT2D eigenvalue weighted by atomic mass is 10.1. The average Bonchev–Trinajstić information content (AvgIpc) is 2.78. The van der Waals surface area contributed by atoms with Gasteiger partial charge in [-0.1, -0.05) is 6.92 Å². The van der Waals surface area contributed by atoms with Crippen molar-refractivity contribution in [2.45, 2.75) is 52.1 Å². The summed E-state index contributed by atoms with van der Waals surface area (Å²) in [6.07, 6.45) is 2.05. The van der Waals surface area contributed by atoms with Crippen molar-refractivity contribution in [3.63, 3.8) is 0 Å². The van der Waals surface area contributed by atoms with E-state index in [-0.39, 0.29) is 18.0 Å². The Bertz CT molecular complexity index is 333. The van der Waals surface area contributed by atoms with E-state index >= 15 is 0 Å². The Morgan fingerprint density at radius 1 is 1.35 bits per heavy atom. The van der Waals surface area contributed by atoms with E-state index in [2.05, 4.69) is 27.8 Å². The summed E-state index contributed by atoms with van der Waals surface area (Å²) in [7, 11) is 0. The second-order valence-corrected chi connectivity index (χ2v) is 6.37. The molecular weight excluding hydrogens is 256 g/mol. The average molecular weight is 284 g/mol. The van der Waals surface area contributed by atoms with E-state index in [4.69, 9.17) is 0 Å². The Labute approximate surface area is 121 Å². The van der Waals surface area contributed by atoms with Gasteiger partial charge in [-0.15, -0.1) is 0 Å². The Hall–Kier alpha value is -1.14. The lowest BCUT2D eigenvalue weighted by Crippen LogP contribution is -2.51. The standard InChI is InChI=1S/C14H28N4O2/c1-5-8-18(11-6-7-15-9-11)10-12(19)16-13(20)17-14(2,3)4/h11,15H,5-10H2,1-4H3,(H2,16,17,19,20). The number of carbonyl (C=O) groups excluding carboxylic acids is 2. The maximum absolute atomic E-state index is 11.9. The van der Waals surface area contributed by atoms with Crippen LogP contribution in [0.3, 0.4) is 0 Å². The number of nitrogens with one attached hydrogen (secondary N) is 3. The number of imide groups is 1. The molecule has 0 saturated carbocycles. The van der Waals surface area contributed by atoms with Gasteiger partial charge in [-0.05, 0) is 46.7 Å². The van der Waals surface area contributed by atoms with E-state index in [9.17, 15) is 9.59 Å². The number of hydrogen-bond donors (Lipinski definition) is 3. The van der Waals surface area contributed by atoms with Gasteiger partial charge >= 0.3 is 6.03 Å². The topological polar surface area (TPSA) is 73.5 Å². The smallest absolute Gasteiger partial charge is 0.321 e. The van der Waals surface area contributed by atoms with Gasteiger partial charge in [-0.3, -0.25) is 15.0 Å². The van der Waals surface area contributed by atoms with Gasteiger partial charge < -0.3 is 10.6 Å². The van der Waals surface area contributed by atoms with Gasteiger partial charge in [0.2, 0.25) is 5.91 Å². The van der Waals surface area contributed by atoms with Crippen LogP contribution in [0.2, 0.25) is 0 Å². The summed E-state index contributed by atoms with van der Waals surface area (Å²) in [6, 6.07) is -0.0325. The van der Waals surface area contributed by atoms with Crippen LogP contribution in [0.5, 0.6) is 0 Å². The molecule has 0 aromatic carbocycles. The van der Waals surface area contributed by atoms with E-state index < -0.39 is 6.03 Å². The Morgan fingerprint density at radius 3 is 2.55 bits per heavy atom. The molecular formula is C14H28N4O2. The number of rotatable bonds is 5. The summed E-state index contributed by atoms with van der Waals surface area (Å²) in [6.45, 7) is 10.8. The van der Waals surface area contributed by atoms with E-state index in [0.29, 0.717) is 6.04 Å². The zero-order valence-electron chi connectivity index (χ0n) is 13.1. The molecule has 1 aliphatic rings. The van der Waals surface area contributed by atoms with E-state index in [1.165, 1.54) is 0 Å². The van der Waals surface area contributed by atoms with Crippen molar-refractivity contribution in [2.75, 3.05) is 26.2 Å². The van der Waals surface area contributed by atoms with Crippen molar-refractivity contribution in [1.82, 2.24) is 20.9 Å². The van der Waals surface area contributed by atoms with Crippen LogP contribution >= 0.6 is 0 Å². The maximum Gasteiger partial charge on any atom is 0.321 e. The molecule has 1 fully saturated rings. The van der Waals surface area contributed by atoms with Crippen molar-refractivity contribution in [2.24, 2.45) is 0 Å². The van der Waals surface area contributed by atoms with E-state index in [1.54, 1.807) is 0 Å². The first-order valence-electron chi connectivity index (χ1n) is 7.38. The Kier molecular flexibility index (Phi) is 6.42. The fourth-order valence-electron chi connectivity index (χ4n) is 2.35. The number of amides is 3. The SMILES string of the molecule is CCCN(CC(=O)NC(=O)NC(C)(C)C)C1CCNC1. The zero-order valence-corrected chi connectivity index (χ0v) is 13.1. The van der Waals surface area contributed by atoms with Crippen molar-refractivity contribution >= 4 is 11.9 Å². The van der Waals surface area contributed by atoms with Gasteiger partial charge in [0.1, 0.15) is 0 Å². The third-order valence-corrected chi connectivity index (χ3v) is 3.15. The third kappa shape index (κ3) is 6.34. The molecule has 20 heavy (non-hydrogen) atoms. The normalized spacial score (nSPS) is 19.1. The summed E-state index contributed by atoms with van der Waals surface area (Å²) in [5.41, 5.74) is -0.344. The minimum absolute atomic E-state index is 0.243. The van der Waals surface area contributed by atoms with Crippen LogP contribution in [-0.2, 0) is 4.79 Å². The summed E-state index contributed by atoms with van der Waals surface area (Å²) in [5, 5.41) is 8.42. The van der Waals surface area contributed by atoms with Crippen LogP contribution in [0.25, 0.3) is 0 Å². The van der Waals surface area contributed by atoms with Gasteiger partial charge in [-0.25, -0.2) is 4.79 Å². The fourth-order valence-corrected chi connectivity index (χ4v) is 2.35. The molecule has 6 heteroatoms. The van der Waals surface area contributed by atoms with Gasteiger partial charge in [0.05, 0.1) is 6.54 Å². The summed E-state index contributed by atoms with van der Waals surface area (Å²) in [4.78, 5) is 25.8. The lowest BCUT2D eigenvalue weighted by Gasteiger charge is -2.27. The molecule has 3 amide bonds. The number of carbonyl (C=O) groups is 2. The zero-order chi connectivity index (χ0) is 15.2. The second-order valence-electron chi connectivity index (χ2n) is 6.37. The van der Waals surface area contributed by atoms with E-state index in [1.807, 2.05) is 20.8 Å². The fraction of sp³-hybridized carbons (Fsp3) is 0.857. The van der Waals surface area contributed by atoms with Crippen LogP contribution < -0.4 is 16.0 Å². The molecule has 0 aliphatic carbocycles. The van der Waals surface area contributed by atoms with Crippen molar-refractivity contribution in [1.29, 1.82) is 0 Å². The molecule has 6 nitrogen and oxygen atoms in total. The highest BCUT2D eigenvalue weighted by molar-refractivity contribution is 5.95. The van der Waals surface area contributed by atoms with Crippen LogP contribution in [0, 0.1) is 0 Å². The summed E-state index contributed by atoms with van der Waals surface area (Å²) >= 11 is 0. The molecule has 0 spiro atoms. The first kappa shape index (κ1) is 16.9. The Morgan fingerprint density at radius 2 is 2.05 bits per heavy atom. The maximum atomic E-state index is 11.9. The summed E-state index contributed by atoms with van der Waals surface area (Å²) < 4.78 is 0. The van der Waals surface area contributed by atoms with Crippen molar-refractivity contribution < 1.29 is 9.59 Å². The van der Waals surface area contributed by atoms with E-state index in [0.717, 1.165) is 32.5 Å². The highest BCUT2D eigenvalue weighted by Gasteiger charge is 2.24.